The van der Waals surface area contributed by atoms with E-state index in [2.05, 4.69) is 62.1 Å². The third kappa shape index (κ3) is 9.17. The molecule has 0 aliphatic heterocycles. The highest BCUT2D eigenvalue weighted by Crippen LogP contribution is 2.37. The quantitative estimate of drug-likeness (QED) is 0.255. The molecule has 0 aromatic heterocycles. The van der Waals surface area contributed by atoms with Crippen molar-refractivity contribution in [3.63, 3.8) is 0 Å². The molecular formula is C32H48. The first-order valence-electron chi connectivity index (χ1n) is 14.0. The Kier molecular flexibility index (Phi) is 11.5. The van der Waals surface area contributed by atoms with Gasteiger partial charge in [-0.05, 0) is 86.0 Å². The molecular weight excluding hydrogens is 384 g/mol. The summed E-state index contributed by atoms with van der Waals surface area (Å²) >= 11 is 0. The Morgan fingerprint density at radius 3 is 1.91 bits per heavy atom. The van der Waals surface area contributed by atoms with Crippen molar-refractivity contribution in [1.29, 1.82) is 0 Å². The molecule has 0 unspecified atom stereocenters. The summed E-state index contributed by atoms with van der Waals surface area (Å²) in [5.41, 5.74) is 2.59. The zero-order chi connectivity index (χ0) is 22.4. The summed E-state index contributed by atoms with van der Waals surface area (Å²) in [6.07, 6.45) is 27.2. The molecule has 1 aromatic rings. The molecule has 0 spiro atoms. The van der Waals surface area contributed by atoms with Gasteiger partial charge in [0.1, 0.15) is 0 Å². The molecule has 0 heteroatoms. The fraction of sp³-hybridized carbons (Fsp3) is 0.688. The first kappa shape index (κ1) is 25.1. The zero-order valence-corrected chi connectivity index (χ0v) is 21.1. The predicted molar refractivity (Wildman–Crippen MR) is 141 cm³/mol. The van der Waals surface area contributed by atoms with E-state index in [1.165, 1.54) is 108 Å². The van der Waals surface area contributed by atoms with Gasteiger partial charge in [-0.2, -0.15) is 0 Å². The van der Waals surface area contributed by atoms with E-state index < -0.39 is 0 Å². The Bertz CT molecular complexity index is 697. The van der Waals surface area contributed by atoms with Crippen molar-refractivity contribution in [2.75, 3.05) is 0 Å². The average molecular weight is 433 g/mol. The van der Waals surface area contributed by atoms with Crippen molar-refractivity contribution in [2.24, 2.45) is 23.7 Å². The van der Waals surface area contributed by atoms with Crippen LogP contribution >= 0.6 is 0 Å². The molecule has 0 bridgehead atoms. The van der Waals surface area contributed by atoms with E-state index in [-0.39, 0.29) is 0 Å². The number of allylic oxidation sites excluding steroid dienone is 2. The summed E-state index contributed by atoms with van der Waals surface area (Å²) < 4.78 is 0. The Morgan fingerprint density at radius 2 is 1.31 bits per heavy atom. The Morgan fingerprint density at radius 1 is 0.719 bits per heavy atom. The lowest BCUT2D eigenvalue weighted by Crippen LogP contribution is -2.17. The molecule has 2 saturated carbocycles. The number of rotatable bonds is 10. The van der Waals surface area contributed by atoms with Crippen LogP contribution in [-0.4, -0.2) is 0 Å². The molecule has 0 amide bonds. The minimum atomic E-state index is 0.756. The van der Waals surface area contributed by atoms with Gasteiger partial charge in [0.2, 0.25) is 0 Å². The molecule has 0 heterocycles. The van der Waals surface area contributed by atoms with Gasteiger partial charge in [-0.25, -0.2) is 0 Å². The lowest BCUT2D eigenvalue weighted by atomic mass is 9.75. The minimum absolute atomic E-state index is 0.756. The SMILES string of the molecule is CCCCCc1ccc(C#C/C=C/C2CCC(CC[C@H]3CC[C@H](CCC)CC3)CC2)cc1. The van der Waals surface area contributed by atoms with Gasteiger partial charge in [0.05, 0.1) is 0 Å². The van der Waals surface area contributed by atoms with Crippen LogP contribution in [-0.2, 0) is 6.42 Å². The maximum atomic E-state index is 3.32. The van der Waals surface area contributed by atoms with Crippen molar-refractivity contribution in [3.8, 4) is 11.8 Å². The van der Waals surface area contributed by atoms with Crippen LogP contribution < -0.4 is 0 Å². The van der Waals surface area contributed by atoms with Crippen LogP contribution in [0.4, 0.5) is 0 Å². The third-order valence-electron chi connectivity index (χ3n) is 8.23. The van der Waals surface area contributed by atoms with E-state index in [9.17, 15) is 0 Å². The molecule has 176 valence electrons. The van der Waals surface area contributed by atoms with Crippen molar-refractivity contribution in [2.45, 2.75) is 117 Å². The molecule has 2 aliphatic rings. The largest absolute Gasteiger partial charge is 0.0730 e. The second-order valence-corrected chi connectivity index (χ2v) is 10.8. The number of hydrogen-bond donors (Lipinski definition) is 0. The normalized spacial score (nSPS) is 26.1. The molecule has 3 rings (SSSR count). The summed E-state index contributed by atoms with van der Waals surface area (Å²) in [5, 5.41) is 0. The molecule has 0 radical (unpaired) electrons. The lowest BCUT2D eigenvalue weighted by Gasteiger charge is -2.31. The van der Waals surface area contributed by atoms with Gasteiger partial charge in [-0.1, -0.05) is 108 Å². The standard InChI is InChI=1S/C32H48/c1-3-5-6-10-28-15-17-29(18-16-28)11-7-8-12-30-19-23-32(24-20-30)26-25-31-21-13-27(9-4-2)14-22-31/h8,12,15-18,27,30-32H,3-6,9-10,13-14,19-26H2,1-2H3/b12-8+/t27-,30?,31-,32?. The van der Waals surface area contributed by atoms with E-state index in [1.54, 1.807) is 0 Å². The van der Waals surface area contributed by atoms with E-state index in [0.717, 1.165) is 29.2 Å². The Balaban J connectivity index is 1.30. The van der Waals surface area contributed by atoms with Crippen LogP contribution in [0.2, 0.25) is 0 Å². The second kappa shape index (κ2) is 14.6. The zero-order valence-electron chi connectivity index (χ0n) is 21.1. The van der Waals surface area contributed by atoms with Crippen molar-refractivity contribution in [1.82, 2.24) is 0 Å². The van der Waals surface area contributed by atoms with E-state index in [0.29, 0.717) is 0 Å². The highest BCUT2D eigenvalue weighted by atomic mass is 14.3. The van der Waals surface area contributed by atoms with Gasteiger partial charge in [0, 0.05) is 5.56 Å². The summed E-state index contributed by atoms with van der Waals surface area (Å²) in [7, 11) is 0. The minimum Gasteiger partial charge on any atom is -0.0730 e. The molecule has 1 aromatic carbocycles. The highest BCUT2D eigenvalue weighted by molar-refractivity contribution is 5.38. The van der Waals surface area contributed by atoms with Crippen LogP contribution in [0.3, 0.4) is 0 Å². The number of hydrogen-bond acceptors (Lipinski definition) is 0. The van der Waals surface area contributed by atoms with Crippen molar-refractivity contribution >= 4 is 0 Å². The smallest absolute Gasteiger partial charge is 0.0249 e. The van der Waals surface area contributed by atoms with Crippen LogP contribution in [0, 0.1) is 35.5 Å². The van der Waals surface area contributed by atoms with Gasteiger partial charge < -0.3 is 0 Å². The number of aryl methyl sites for hydroxylation is 1. The van der Waals surface area contributed by atoms with E-state index >= 15 is 0 Å². The Hall–Kier alpha value is -1.48. The molecule has 32 heavy (non-hydrogen) atoms. The molecule has 0 saturated heterocycles. The van der Waals surface area contributed by atoms with Gasteiger partial charge in [0.15, 0.2) is 0 Å². The predicted octanol–water partition coefficient (Wildman–Crippen LogP) is 9.52. The Labute approximate surface area is 199 Å². The van der Waals surface area contributed by atoms with Gasteiger partial charge in [0.25, 0.3) is 0 Å². The third-order valence-corrected chi connectivity index (χ3v) is 8.23. The summed E-state index contributed by atoms with van der Waals surface area (Å²) in [4.78, 5) is 0. The van der Waals surface area contributed by atoms with Crippen LogP contribution in [0.15, 0.2) is 36.4 Å². The average Bonchev–Trinajstić information content (AvgIpc) is 2.83. The molecule has 0 N–H and O–H groups in total. The summed E-state index contributed by atoms with van der Waals surface area (Å²) in [6.45, 7) is 4.61. The maximum absolute atomic E-state index is 3.32. The maximum Gasteiger partial charge on any atom is 0.0249 e. The molecule has 2 fully saturated rings. The van der Waals surface area contributed by atoms with Crippen molar-refractivity contribution < 1.29 is 0 Å². The van der Waals surface area contributed by atoms with Gasteiger partial charge in [-0.15, -0.1) is 0 Å². The monoisotopic (exact) mass is 432 g/mol. The number of unbranched alkanes of at least 4 members (excludes halogenated alkanes) is 2. The van der Waals surface area contributed by atoms with Crippen LogP contribution in [0.5, 0.6) is 0 Å². The molecule has 0 nitrogen and oxygen atoms in total. The van der Waals surface area contributed by atoms with E-state index in [1.807, 2.05) is 0 Å². The lowest BCUT2D eigenvalue weighted by molar-refractivity contribution is 0.221. The first-order chi connectivity index (χ1) is 15.8. The van der Waals surface area contributed by atoms with Gasteiger partial charge in [-0.3, -0.25) is 0 Å². The van der Waals surface area contributed by atoms with Crippen LogP contribution in [0.25, 0.3) is 0 Å². The molecule has 0 atom stereocenters. The van der Waals surface area contributed by atoms with Crippen molar-refractivity contribution in [3.05, 3.63) is 47.5 Å². The first-order valence-corrected chi connectivity index (χ1v) is 14.0. The van der Waals surface area contributed by atoms with E-state index in [4.69, 9.17) is 0 Å². The topological polar surface area (TPSA) is 0 Å². The van der Waals surface area contributed by atoms with Gasteiger partial charge >= 0.3 is 0 Å². The summed E-state index contributed by atoms with van der Waals surface area (Å²) in [5.74, 6) is 10.4. The fourth-order valence-corrected chi connectivity index (χ4v) is 6.00. The van der Waals surface area contributed by atoms with Crippen LogP contribution in [0.1, 0.15) is 121 Å². The second-order valence-electron chi connectivity index (χ2n) is 10.8. The number of benzene rings is 1. The summed E-state index contributed by atoms with van der Waals surface area (Å²) in [6, 6.07) is 8.87. The highest BCUT2D eigenvalue weighted by Gasteiger charge is 2.23. The fourth-order valence-electron chi connectivity index (χ4n) is 6.00. The molecule has 2 aliphatic carbocycles.